The Morgan fingerprint density at radius 2 is 1.84 bits per heavy atom. The van der Waals surface area contributed by atoms with Crippen LogP contribution in [0.25, 0.3) is 11.4 Å². The summed E-state index contributed by atoms with van der Waals surface area (Å²) in [4.78, 5) is 20.2. The van der Waals surface area contributed by atoms with Gasteiger partial charge < -0.3 is 5.32 Å². The molecule has 0 radical (unpaired) electrons. The lowest BCUT2D eigenvalue weighted by Gasteiger charge is -2.04. The third kappa shape index (κ3) is 3.61. The molecule has 0 bridgehead atoms. The quantitative estimate of drug-likeness (QED) is 0.836. The highest BCUT2D eigenvalue weighted by atomic mass is 16.1. The lowest BCUT2D eigenvalue weighted by atomic mass is 10.2. The van der Waals surface area contributed by atoms with Gasteiger partial charge >= 0.3 is 0 Å². The number of amides is 1. The first-order valence-electron chi connectivity index (χ1n) is 6.47. The fourth-order valence-electron chi connectivity index (χ4n) is 1.66. The molecule has 4 nitrogen and oxygen atoms in total. The zero-order valence-corrected chi connectivity index (χ0v) is 11.0. The van der Waals surface area contributed by atoms with Gasteiger partial charge in [-0.25, -0.2) is 9.97 Å². The average Bonchev–Trinajstić information content (AvgIpc) is 2.48. The zero-order chi connectivity index (χ0) is 13.5. The van der Waals surface area contributed by atoms with Crippen LogP contribution in [0.5, 0.6) is 0 Å². The van der Waals surface area contributed by atoms with Crippen molar-refractivity contribution in [2.24, 2.45) is 0 Å². The van der Waals surface area contributed by atoms with Crippen LogP contribution in [-0.2, 0) is 0 Å². The number of hydrogen-bond donors (Lipinski definition) is 1. The Labute approximate surface area is 112 Å². The molecule has 0 aliphatic heterocycles. The predicted octanol–water partition coefficient (Wildman–Crippen LogP) is 2.67. The number of hydrogen-bond acceptors (Lipinski definition) is 3. The van der Waals surface area contributed by atoms with Crippen molar-refractivity contribution in [1.29, 1.82) is 0 Å². The molecule has 4 heteroatoms. The molecule has 19 heavy (non-hydrogen) atoms. The fraction of sp³-hybridized carbons (Fsp3) is 0.267. The summed E-state index contributed by atoms with van der Waals surface area (Å²) in [5, 5.41) is 2.84. The first kappa shape index (κ1) is 13.2. The molecule has 1 aromatic heterocycles. The van der Waals surface area contributed by atoms with Crippen LogP contribution in [0.1, 0.15) is 30.1 Å². The van der Waals surface area contributed by atoms with Crippen LogP contribution in [0.3, 0.4) is 0 Å². The highest BCUT2D eigenvalue weighted by Gasteiger charge is 2.07. The lowest BCUT2D eigenvalue weighted by Crippen LogP contribution is -2.24. The Morgan fingerprint density at radius 3 is 2.47 bits per heavy atom. The van der Waals surface area contributed by atoms with Gasteiger partial charge in [-0.2, -0.15) is 0 Å². The summed E-state index contributed by atoms with van der Waals surface area (Å²) in [6, 6.07) is 9.69. The molecule has 0 saturated carbocycles. The van der Waals surface area contributed by atoms with Crippen molar-refractivity contribution in [3.63, 3.8) is 0 Å². The molecule has 0 spiro atoms. The number of rotatable bonds is 5. The van der Waals surface area contributed by atoms with Gasteiger partial charge in [0, 0.05) is 24.5 Å². The highest BCUT2D eigenvalue weighted by molar-refractivity contribution is 5.93. The Bertz CT molecular complexity index is 523. The maximum atomic E-state index is 11.8. The van der Waals surface area contributed by atoms with Gasteiger partial charge in [0.1, 0.15) is 0 Å². The molecule has 2 rings (SSSR count). The Hall–Kier alpha value is -2.23. The molecular formula is C15H17N3O. The van der Waals surface area contributed by atoms with E-state index >= 15 is 0 Å². The van der Waals surface area contributed by atoms with Gasteiger partial charge in [-0.1, -0.05) is 43.7 Å². The molecule has 0 aliphatic carbocycles. The Kier molecular flexibility index (Phi) is 4.61. The third-order valence-corrected chi connectivity index (χ3v) is 2.76. The predicted molar refractivity (Wildman–Crippen MR) is 74.7 cm³/mol. The van der Waals surface area contributed by atoms with Crippen molar-refractivity contribution in [2.45, 2.75) is 19.8 Å². The summed E-state index contributed by atoms with van der Waals surface area (Å²) < 4.78 is 0. The average molecular weight is 255 g/mol. The van der Waals surface area contributed by atoms with E-state index in [1.807, 2.05) is 30.3 Å². The van der Waals surface area contributed by atoms with Gasteiger partial charge in [0.05, 0.1) is 5.56 Å². The van der Waals surface area contributed by atoms with Crippen LogP contribution in [-0.4, -0.2) is 22.4 Å². The zero-order valence-electron chi connectivity index (χ0n) is 11.0. The van der Waals surface area contributed by atoms with E-state index in [4.69, 9.17) is 0 Å². The summed E-state index contributed by atoms with van der Waals surface area (Å²) in [7, 11) is 0. The van der Waals surface area contributed by atoms with E-state index in [2.05, 4.69) is 22.2 Å². The SMILES string of the molecule is CCCCNC(=O)c1cnc(-c2ccccc2)nc1. The van der Waals surface area contributed by atoms with Crippen molar-refractivity contribution in [3.05, 3.63) is 48.3 Å². The number of unbranched alkanes of at least 4 members (excludes halogenated alkanes) is 1. The van der Waals surface area contributed by atoms with Crippen LogP contribution in [0, 0.1) is 0 Å². The van der Waals surface area contributed by atoms with Gasteiger partial charge in [-0.3, -0.25) is 4.79 Å². The molecule has 0 aliphatic rings. The summed E-state index contributed by atoms with van der Waals surface area (Å²) in [5.74, 6) is 0.513. The summed E-state index contributed by atoms with van der Waals surface area (Å²) in [6.45, 7) is 2.78. The van der Waals surface area contributed by atoms with Crippen LogP contribution >= 0.6 is 0 Å². The maximum absolute atomic E-state index is 11.8. The first-order valence-corrected chi connectivity index (χ1v) is 6.47. The summed E-state index contributed by atoms with van der Waals surface area (Å²) in [6.07, 6.45) is 5.17. The van der Waals surface area contributed by atoms with E-state index in [0.717, 1.165) is 18.4 Å². The van der Waals surface area contributed by atoms with Crippen LogP contribution in [0.4, 0.5) is 0 Å². The third-order valence-electron chi connectivity index (χ3n) is 2.76. The van der Waals surface area contributed by atoms with E-state index in [9.17, 15) is 4.79 Å². The van der Waals surface area contributed by atoms with Gasteiger partial charge in [0.25, 0.3) is 5.91 Å². The molecule has 0 fully saturated rings. The van der Waals surface area contributed by atoms with Crippen molar-refractivity contribution < 1.29 is 4.79 Å². The number of carbonyl (C=O) groups is 1. The molecular weight excluding hydrogens is 238 g/mol. The largest absolute Gasteiger partial charge is 0.352 e. The van der Waals surface area contributed by atoms with Crippen LogP contribution in [0.15, 0.2) is 42.7 Å². The minimum atomic E-state index is -0.118. The molecule has 1 N–H and O–H groups in total. The number of carbonyl (C=O) groups excluding carboxylic acids is 1. The lowest BCUT2D eigenvalue weighted by molar-refractivity contribution is 0.0952. The minimum Gasteiger partial charge on any atom is -0.352 e. The normalized spacial score (nSPS) is 10.2. The number of aromatic nitrogens is 2. The van der Waals surface area contributed by atoms with Crippen LogP contribution < -0.4 is 5.32 Å². The van der Waals surface area contributed by atoms with Crippen molar-refractivity contribution >= 4 is 5.91 Å². The van der Waals surface area contributed by atoms with Gasteiger partial charge in [-0.05, 0) is 6.42 Å². The Balaban J connectivity index is 2.04. The van der Waals surface area contributed by atoms with E-state index in [1.54, 1.807) is 12.4 Å². The van der Waals surface area contributed by atoms with Gasteiger partial charge in [0.15, 0.2) is 5.82 Å². The number of benzene rings is 1. The van der Waals surface area contributed by atoms with E-state index in [-0.39, 0.29) is 5.91 Å². The molecule has 2 aromatic rings. The van der Waals surface area contributed by atoms with Gasteiger partial charge in [0.2, 0.25) is 0 Å². The highest BCUT2D eigenvalue weighted by Crippen LogP contribution is 2.12. The van der Waals surface area contributed by atoms with E-state index < -0.39 is 0 Å². The smallest absolute Gasteiger partial charge is 0.254 e. The second kappa shape index (κ2) is 6.64. The molecule has 98 valence electrons. The maximum Gasteiger partial charge on any atom is 0.254 e. The first-order chi connectivity index (χ1) is 9.31. The summed E-state index contributed by atoms with van der Waals surface area (Å²) in [5.41, 5.74) is 1.44. The number of nitrogens with one attached hydrogen (secondary N) is 1. The minimum absolute atomic E-state index is 0.118. The molecule has 0 unspecified atom stereocenters. The molecule has 1 aromatic carbocycles. The van der Waals surface area contributed by atoms with E-state index in [0.29, 0.717) is 17.9 Å². The molecule has 0 saturated heterocycles. The molecule has 1 heterocycles. The monoisotopic (exact) mass is 255 g/mol. The standard InChI is InChI=1S/C15H17N3O/c1-2-3-9-16-15(19)13-10-17-14(18-11-13)12-7-5-4-6-8-12/h4-8,10-11H,2-3,9H2,1H3,(H,16,19). The fourth-order valence-corrected chi connectivity index (χ4v) is 1.66. The molecule has 1 amide bonds. The second-order valence-electron chi connectivity index (χ2n) is 4.27. The summed E-state index contributed by atoms with van der Waals surface area (Å²) >= 11 is 0. The van der Waals surface area contributed by atoms with E-state index in [1.165, 1.54) is 0 Å². The van der Waals surface area contributed by atoms with Crippen molar-refractivity contribution in [2.75, 3.05) is 6.54 Å². The second-order valence-corrected chi connectivity index (χ2v) is 4.27. The topological polar surface area (TPSA) is 54.9 Å². The van der Waals surface area contributed by atoms with Crippen molar-refractivity contribution in [3.8, 4) is 11.4 Å². The van der Waals surface area contributed by atoms with Crippen molar-refractivity contribution in [1.82, 2.24) is 15.3 Å². The van der Waals surface area contributed by atoms with Crippen LogP contribution in [0.2, 0.25) is 0 Å². The van der Waals surface area contributed by atoms with Gasteiger partial charge in [-0.15, -0.1) is 0 Å². The molecule has 0 atom stereocenters. The number of nitrogens with zero attached hydrogens (tertiary/aromatic N) is 2. The Morgan fingerprint density at radius 1 is 1.16 bits per heavy atom.